The van der Waals surface area contributed by atoms with Gasteiger partial charge in [-0.15, -0.1) is 0 Å². The number of rotatable bonds is 6. The highest BCUT2D eigenvalue weighted by molar-refractivity contribution is 5.77. The number of aliphatic hydroxyl groups excluding tert-OH is 1. The molecule has 3 N–H and O–H groups in total. The van der Waals surface area contributed by atoms with Gasteiger partial charge in [-0.1, -0.05) is 63.2 Å². The van der Waals surface area contributed by atoms with E-state index in [1.807, 2.05) is 51.1 Å². The molecule has 8 nitrogen and oxygen atoms in total. The highest BCUT2D eigenvalue weighted by atomic mass is 16.6. The van der Waals surface area contributed by atoms with Gasteiger partial charge in [0.1, 0.15) is 11.7 Å². The highest BCUT2D eigenvalue weighted by Gasteiger charge is 2.29. The van der Waals surface area contributed by atoms with Gasteiger partial charge in [0, 0.05) is 0 Å². The molecule has 0 bridgehead atoms. The molecule has 0 fully saturated rings. The smallest absolute Gasteiger partial charge is 0.408 e. The van der Waals surface area contributed by atoms with Crippen molar-refractivity contribution >= 4 is 17.0 Å². The largest absolute Gasteiger partial charge is 0.444 e. The summed E-state index contributed by atoms with van der Waals surface area (Å²) in [6, 6.07) is 15.9. The van der Waals surface area contributed by atoms with Crippen LogP contribution < -0.4 is 16.3 Å². The molecule has 34 heavy (non-hydrogen) atoms. The molecule has 8 heteroatoms. The van der Waals surface area contributed by atoms with Crippen LogP contribution in [0.2, 0.25) is 0 Å². The maximum absolute atomic E-state index is 13.4. The molecular formula is C26H34N4O4. The average molecular weight is 467 g/mol. The van der Waals surface area contributed by atoms with Gasteiger partial charge in [-0.05, 0) is 43.9 Å². The van der Waals surface area contributed by atoms with Crippen LogP contribution in [0.15, 0.2) is 59.4 Å². The third kappa shape index (κ3) is 6.14. The Labute approximate surface area is 199 Å². The molecule has 0 spiro atoms. The van der Waals surface area contributed by atoms with Gasteiger partial charge in [-0.3, -0.25) is 4.79 Å². The molecule has 1 amide bonds. The number of amides is 1. The number of benzene rings is 2. The number of nitrogens with one attached hydrogen (secondary N) is 2. The first-order chi connectivity index (χ1) is 15.9. The summed E-state index contributed by atoms with van der Waals surface area (Å²) in [4.78, 5) is 30.5. The standard InChI is InChI=1S/C26H34N4O4/c1-25(2,3)21(31)22-28-19-15-11-10-14-18(19)23(32)30(22)27-16-20(17-12-8-7-9-13-17)29-24(33)34-26(4,5)6/h7-15,20-21,27,31H,16H2,1-6H3,(H,29,33)/t20-,21-/m1/s1. The summed E-state index contributed by atoms with van der Waals surface area (Å²) < 4.78 is 6.71. The third-order valence-electron chi connectivity index (χ3n) is 5.21. The van der Waals surface area contributed by atoms with Crippen molar-refractivity contribution in [2.24, 2.45) is 5.41 Å². The number of carbonyl (C=O) groups excluding carboxylic acids is 1. The monoisotopic (exact) mass is 466 g/mol. The first-order valence-corrected chi connectivity index (χ1v) is 11.3. The van der Waals surface area contributed by atoms with Crippen molar-refractivity contribution < 1.29 is 14.6 Å². The van der Waals surface area contributed by atoms with Crippen LogP contribution in [0, 0.1) is 5.41 Å². The predicted octanol–water partition coefficient (Wildman–Crippen LogP) is 4.29. The normalized spacial score (nSPS) is 13.9. The molecule has 0 saturated carbocycles. The van der Waals surface area contributed by atoms with E-state index in [1.54, 1.807) is 45.0 Å². The van der Waals surface area contributed by atoms with Gasteiger partial charge < -0.3 is 20.6 Å². The van der Waals surface area contributed by atoms with Crippen molar-refractivity contribution in [3.05, 3.63) is 76.3 Å². The zero-order chi connectivity index (χ0) is 25.1. The minimum Gasteiger partial charge on any atom is -0.444 e. The molecular weight excluding hydrogens is 432 g/mol. The van der Waals surface area contributed by atoms with E-state index in [-0.39, 0.29) is 17.9 Å². The fraction of sp³-hybridized carbons (Fsp3) is 0.423. The Morgan fingerprint density at radius 1 is 1.03 bits per heavy atom. The number of para-hydroxylation sites is 1. The van der Waals surface area contributed by atoms with E-state index in [0.717, 1.165) is 5.56 Å². The second-order valence-electron chi connectivity index (χ2n) is 10.4. The van der Waals surface area contributed by atoms with Crippen molar-refractivity contribution in [3.8, 4) is 0 Å². The van der Waals surface area contributed by atoms with Gasteiger partial charge in [-0.2, -0.15) is 0 Å². The molecule has 0 aliphatic carbocycles. The lowest BCUT2D eigenvalue weighted by atomic mass is 9.88. The second kappa shape index (κ2) is 9.85. The van der Waals surface area contributed by atoms with E-state index in [1.165, 1.54) is 4.68 Å². The zero-order valence-corrected chi connectivity index (χ0v) is 20.6. The number of hydrogen-bond donors (Lipinski definition) is 3. The minimum absolute atomic E-state index is 0.160. The quantitative estimate of drug-likeness (QED) is 0.501. The van der Waals surface area contributed by atoms with Crippen LogP contribution in [0.4, 0.5) is 4.79 Å². The Morgan fingerprint density at radius 3 is 2.26 bits per heavy atom. The van der Waals surface area contributed by atoms with E-state index in [0.29, 0.717) is 10.9 Å². The summed E-state index contributed by atoms with van der Waals surface area (Å²) in [6.07, 6.45) is -1.58. The zero-order valence-electron chi connectivity index (χ0n) is 20.6. The Hall–Kier alpha value is -3.39. The molecule has 0 aliphatic rings. The van der Waals surface area contributed by atoms with Gasteiger partial charge in [-0.25, -0.2) is 14.5 Å². The van der Waals surface area contributed by atoms with Crippen LogP contribution in [0.3, 0.4) is 0 Å². The maximum atomic E-state index is 13.4. The minimum atomic E-state index is -1.01. The SMILES string of the molecule is CC(C)(C)OC(=O)N[C@H](CNn1c([C@@H](O)C(C)(C)C)nc2ccccc2c1=O)c1ccccc1. The summed E-state index contributed by atoms with van der Waals surface area (Å²) in [5.74, 6) is 0.209. The summed E-state index contributed by atoms with van der Waals surface area (Å²) >= 11 is 0. The fourth-order valence-corrected chi connectivity index (χ4v) is 3.44. The summed E-state index contributed by atoms with van der Waals surface area (Å²) in [5, 5.41) is 14.3. The van der Waals surface area contributed by atoms with Crippen LogP contribution in [0.25, 0.3) is 10.9 Å². The van der Waals surface area contributed by atoms with E-state index >= 15 is 0 Å². The lowest BCUT2D eigenvalue weighted by Gasteiger charge is -2.29. The molecule has 3 rings (SSSR count). The topological polar surface area (TPSA) is 105 Å². The Bertz CT molecular complexity index is 1190. The molecule has 1 heterocycles. The molecule has 0 unspecified atom stereocenters. The third-order valence-corrected chi connectivity index (χ3v) is 5.21. The molecule has 0 radical (unpaired) electrons. The van der Waals surface area contributed by atoms with Crippen LogP contribution >= 0.6 is 0 Å². The van der Waals surface area contributed by atoms with E-state index in [2.05, 4.69) is 15.7 Å². The van der Waals surface area contributed by atoms with Crippen molar-refractivity contribution in [3.63, 3.8) is 0 Å². The number of aromatic nitrogens is 2. The van der Waals surface area contributed by atoms with Gasteiger partial charge in [0.2, 0.25) is 0 Å². The van der Waals surface area contributed by atoms with Crippen molar-refractivity contribution in [1.82, 2.24) is 15.0 Å². The molecule has 1 aromatic heterocycles. The molecule has 0 aliphatic heterocycles. The van der Waals surface area contributed by atoms with Gasteiger partial charge >= 0.3 is 6.09 Å². The Kier molecular flexibility index (Phi) is 7.31. The average Bonchev–Trinajstić information content (AvgIpc) is 2.75. The van der Waals surface area contributed by atoms with Gasteiger partial charge in [0.05, 0.1) is 23.5 Å². The molecule has 2 aromatic carbocycles. The number of fused-ring (bicyclic) bond motifs is 1. The van der Waals surface area contributed by atoms with Crippen molar-refractivity contribution in [2.45, 2.75) is 59.3 Å². The molecule has 3 aromatic rings. The number of aliphatic hydroxyl groups is 1. The van der Waals surface area contributed by atoms with E-state index < -0.39 is 29.3 Å². The van der Waals surface area contributed by atoms with Crippen LogP contribution in [0.5, 0.6) is 0 Å². The fourth-order valence-electron chi connectivity index (χ4n) is 3.44. The number of hydrogen-bond acceptors (Lipinski definition) is 6. The highest BCUT2D eigenvalue weighted by Crippen LogP contribution is 2.31. The predicted molar refractivity (Wildman–Crippen MR) is 133 cm³/mol. The number of nitrogens with zero attached hydrogens (tertiary/aromatic N) is 2. The van der Waals surface area contributed by atoms with Crippen molar-refractivity contribution in [2.75, 3.05) is 12.0 Å². The number of carbonyl (C=O) groups is 1. The first kappa shape index (κ1) is 25.2. The lowest BCUT2D eigenvalue weighted by Crippen LogP contribution is -2.42. The van der Waals surface area contributed by atoms with Crippen molar-refractivity contribution in [1.29, 1.82) is 0 Å². The maximum Gasteiger partial charge on any atom is 0.408 e. The van der Waals surface area contributed by atoms with E-state index in [4.69, 9.17) is 4.74 Å². The van der Waals surface area contributed by atoms with Crippen LogP contribution in [-0.4, -0.2) is 33.0 Å². The Balaban J connectivity index is 1.99. The summed E-state index contributed by atoms with van der Waals surface area (Å²) in [6.45, 7) is 11.2. The summed E-state index contributed by atoms with van der Waals surface area (Å²) in [5.41, 5.74) is 2.91. The lowest BCUT2D eigenvalue weighted by molar-refractivity contribution is 0.0497. The second-order valence-corrected chi connectivity index (χ2v) is 10.4. The summed E-state index contributed by atoms with van der Waals surface area (Å²) in [7, 11) is 0. The molecule has 2 atom stereocenters. The van der Waals surface area contributed by atoms with Crippen LogP contribution in [-0.2, 0) is 4.74 Å². The molecule has 182 valence electrons. The van der Waals surface area contributed by atoms with Crippen LogP contribution in [0.1, 0.15) is 65.1 Å². The number of ether oxygens (including phenoxy) is 1. The van der Waals surface area contributed by atoms with Gasteiger partial charge in [0.25, 0.3) is 5.56 Å². The first-order valence-electron chi connectivity index (χ1n) is 11.3. The van der Waals surface area contributed by atoms with E-state index in [9.17, 15) is 14.7 Å². The molecule has 0 saturated heterocycles. The number of alkyl carbamates (subject to hydrolysis) is 1. The van der Waals surface area contributed by atoms with Gasteiger partial charge in [0.15, 0.2) is 5.82 Å². The Morgan fingerprint density at radius 2 is 1.65 bits per heavy atom.